The Labute approximate surface area is 196 Å². The van der Waals surface area contributed by atoms with Crippen molar-refractivity contribution in [1.82, 2.24) is 0 Å². The van der Waals surface area contributed by atoms with Crippen LogP contribution in [0.1, 0.15) is 98.3 Å². The third kappa shape index (κ3) is 6.36. The maximum absolute atomic E-state index is 11.1. The highest BCUT2D eigenvalue weighted by Crippen LogP contribution is 2.60. The molecule has 0 aliphatic heterocycles. The van der Waals surface area contributed by atoms with Crippen LogP contribution in [-0.4, -0.2) is 19.1 Å². The molecule has 3 rings (SSSR count). The van der Waals surface area contributed by atoms with Gasteiger partial charge in [0.2, 0.25) is 0 Å². The summed E-state index contributed by atoms with van der Waals surface area (Å²) in [7, 11) is -4.42. The maximum atomic E-state index is 11.1. The van der Waals surface area contributed by atoms with Crippen LogP contribution in [0.4, 0.5) is 0 Å². The van der Waals surface area contributed by atoms with Crippen molar-refractivity contribution in [2.45, 2.75) is 104 Å². The van der Waals surface area contributed by atoms with Crippen molar-refractivity contribution in [3.05, 3.63) is 35.5 Å². The third-order valence-corrected chi connectivity index (χ3v) is 9.11. The van der Waals surface area contributed by atoms with Crippen molar-refractivity contribution in [2.24, 2.45) is 29.1 Å². The van der Waals surface area contributed by atoms with Crippen LogP contribution in [0, 0.1) is 29.1 Å². The van der Waals surface area contributed by atoms with Gasteiger partial charge < -0.3 is 0 Å². The zero-order valence-electron chi connectivity index (χ0n) is 20.6. The summed E-state index contributed by atoms with van der Waals surface area (Å²) >= 11 is 0. The van der Waals surface area contributed by atoms with Crippen LogP contribution in [0.3, 0.4) is 0 Å². The molecule has 0 amide bonds. The summed E-state index contributed by atoms with van der Waals surface area (Å²) in [6.07, 6.45) is 16.1. The Morgan fingerprint density at radius 2 is 1.91 bits per heavy atom. The Balaban J connectivity index is 1.70. The van der Waals surface area contributed by atoms with Crippen molar-refractivity contribution in [1.29, 1.82) is 0 Å². The van der Waals surface area contributed by atoms with Crippen molar-refractivity contribution in [3.8, 4) is 0 Å². The van der Waals surface area contributed by atoms with E-state index in [0.717, 1.165) is 35.3 Å². The largest absolute Gasteiger partial charge is 0.397 e. The predicted molar refractivity (Wildman–Crippen MR) is 132 cm³/mol. The van der Waals surface area contributed by atoms with Crippen LogP contribution in [0.15, 0.2) is 35.5 Å². The molecule has 3 aliphatic rings. The average Bonchev–Trinajstić information content (AvgIpc) is 3.04. The quantitative estimate of drug-likeness (QED) is 0.379. The summed E-state index contributed by atoms with van der Waals surface area (Å²) in [6, 6.07) is 0. The molecule has 3 aliphatic carbocycles. The molecule has 0 aromatic carbocycles. The summed E-state index contributed by atoms with van der Waals surface area (Å²) in [5.41, 5.74) is 4.08. The summed E-state index contributed by atoms with van der Waals surface area (Å²) in [5.74, 6) is 3.06. The Morgan fingerprint density at radius 1 is 1.16 bits per heavy atom. The molecule has 182 valence electrons. The molecule has 0 radical (unpaired) electrons. The second-order valence-electron chi connectivity index (χ2n) is 11.3. The second kappa shape index (κ2) is 10.6. The second-order valence-corrected chi connectivity index (χ2v) is 12.4. The Kier molecular flexibility index (Phi) is 8.49. The van der Waals surface area contributed by atoms with Crippen molar-refractivity contribution in [2.75, 3.05) is 0 Å². The molecule has 3 saturated carbocycles. The van der Waals surface area contributed by atoms with Crippen LogP contribution in [0.2, 0.25) is 0 Å². The first-order valence-electron chi connectivity index (χ1n) is 12.7. The molecule has 0 aromatic heterocycles. The normalized spacial score (nSPS) is 34.9. The van der Waals surface area contributed by atoms with Gasteiger partial charge in [0.05, 0.1) is 6.10 Å². The minimum atomic E-state index is -4.42. The Morgan fingerprint density at radius 3 is 2.59 bits per heavy atom. The van der Waals surface area contributed by atoms with Crippen LogP contribution >= 0.6 is 0 Å². The van der Waals surface area contributed by atoms with Gasteiger partial charge in [0.1, 0.15) is 0 Å². The first-order valence-corrected chi connectivity index (χ1v) is 14.1. The van der Waals surface area contributed by atoms with Gasteiger partial charge in [-0.25, -0.2) is 4.18 Å². The number of hydrogen-bond donors (Lipinski definition) is 1. The summed E-state index contributed by atoms with van der Waals surface area (Å²) in [6.45, 7) is 13.9. The molecule has 5 atom stereocenters. The van der Waals surface area contributed by atoms with Crippen LogP contribution in [0.5, 0.6) is 0 Å². The lowest BCUT2D eigenvalue weighted by atomic mass is 9.60. The fourth-order valence-corrected chi connectivity index (χ4v) is 7.41. The first-order chi connectivity index (χ1) is 15.0. The molecule has 0 heterocycles. The lowest BCUT2D eigenvalue weighted by molar-refractivity contribution is 0.0929. The van der Waals surface area contributed by atoms with Crippen molar-refractivity contribution in [3.63, 3.8) is 0 Å². The Bertz CT molecular complexity index is 838. The van der Waals surface area contributed by atoms with Gasteiger partial charge in [-0.3, -0.25) is 4.55 Å². The minimum absolute atomic E-state index is 0.403. The fraction of sp³-hybridized carbons (Fsp3) is 0.778. The molecule has 32 heavy (non-hydrogen) atoms. The first kappa shape index (κ1) is 25.7. The van der Waals surface area contributed by atoms with Crippen LogP contribution in [0.25, 0.3) is 0 Å². The number of fused-ring (bicyclic) bond motifs is 1. The molecule has 5 heteroatoms. The van der Waals surface area contributed by atoms with E-state index in [1.54, 1.807) is 5.57 Å². The summed E-state index contributed by atoms with van der Waals surface area (Å²) < 4.78 is 36.1. The van der Waals surface area contributed by atoms with Gasteiger partial charge >= 0.3 is 10.4 Å². The number of hydrogen-bond acceptors (Lipinski definition) is 3. The maximum Gasteiger partial charge on any atom is 0.397 e. The lowest BCUT2D eigenvalue weighted by Gasteiger charge is -2.44. The van der Waals surface area contributed by atoms with Crippen molar-refractivity contribution < 1.29 is 17.2 Å². The van der Waals surface area contributed by atoms with Crippen molar-refractivity contribution >= 4 is 10.4 Å². The average molecular weight is 465 g/mol. The van der Waals surface area contributed by atoms with E-state index in [1.165, 1.54) is 44.9 Å². The Hall–Kier alpha value is -0.910. The van der Waals surface area contributed by atoms with Gasteiger partial charge in [-0.05, 0) is 79.6 Å². The smallest absolute Gasteiger partial charge is 0.264 e. The van der Waals surface area contributed by atoms with Gasteiger partial charge in [-0.15, -0.1) is 0 Å². The van der Waals surface area contributed by atoms with Crippen LogP contribution in [-0.2, 0) is 14.6 Å². The van der Waals surface area contributed by atoms with E-state index in [-0.39, 0.29) is 0 Å². The fourth-order valence-electron chi connectivity index (χ4n) is 6.90. The molecule has 1 unspecified atom stereocenters. The van der Waals surface area contributed by atoms with E-state index < -0.39 is 16.5 Å². The van der Waals surface area contributed by atoms with Gasteiger partial charge in [0.25, 0.3) is 0 Å². The monoisotopic (exact) mass is 464 g/mol. The number of allylic oxidation sites excluding steroid dienone is 4. The molecule has 0 saturated heterocycles. The molecule has 1 N–H and O–H groups in total. The van der Waals surface area contributed by atoms with Gasteiger partial charge in [-0.1, -0.05) is 76.8 Å². The molecule has 4 nitrogen and oxygen atoms in total. The molecule has 0 bridgehead atoms. The van der Waals surface area contributed by atoms with E-state index >= 15 is 0 Å². The molecular weight excluding hydrogens is 420 g/mol. The van der Waals surface area contributed by atoms with E-state index in [4.69, 9.17) is 8.74 Å². The number of rotatable bonds is 8. The van der Waals surface area contributed by atoms with E-state index in [0.29, 0.717) is 30.6 Å². The van der Waals surface area contributed by atoms with Gasteiger partial charge in [0, 0.05) is 6.42 Å². The van der Waals surface area contributed by atoms with E-state index in [1.807, 2.05) is 0 Å². The highest BCUT2D eigenvalue weighted by Gasteiger charge is 2.50. The zero-order chi connectivity index (χ0) is 23.5. The molecule has 0 spiro atoms. The third-order valence-electron chi connectivity index (χ3n) is 8.59. The summed E-state index contributed by atoms with van der Waals surface area (Å²) in [5, 5.41) is 0. The summed E-state index contributed by atoms with van der Waals surface area (Å²) in [4.78, 5) is 0. The standard InChI is InChI=1S/C27H44O4S/c1-19(2)8-6-9-21(4)25-15-16-26-22(10-7-17-27(25,26)5)12-13-23-18-24(14-11-20(23)3)31-32(28,29)30/h12-13,19,21,24-26H,3,6-11,14-18H2,1-2,4-5H3,(H,28,29,30)/t21-,24+,25-,26?,27-/m1/s1. The van der Waals surface area contributed by atoms with Gasteiger partial charge in [0.15, 0.2) is 0 Å². The SMILES string of the molecule is C=C1CC[C@H](OS(=O)(=O)O)CC1=CC=C1CCC[C@@]2(C)C1CC[C@@H]2[C@H](C)CCCC(C)C. The highest BCUT2D eigenvalue weighted by atomic mass is 32.3. The van der Waals surface area contributed by atoms with Gasteiger partial charge in [-0.2, -0.15) is 8.42 Å². The minimum Gasteiger partial charge on any atom is -0.264 e. The molecular formula is C27H44O4S. The zero-order valence-corrected chi connectivity index (χ0v) is 21.4. The lowest BCUT2D eigenvalue weighted by Crippen LogP contribution is -2.36. The van der Waals surface area contributed by atoms with E-state index in [9.17, 15) is 8.42 Å². The predicted octanol–water partition coefficient (Wildman–Crippen LogP) is 7.45. The van der Waals surface area contributed by atoms with Crippen LogP contribution < -0.4 is 0 Å². The molecule has 3 fully saturated rings. The van der Waals surface area contributed by atoms with E-state index in [2.05, 4.69) is 46.4 Å². The molecule has 0 aromatic rings. The topological polar surface area (TPSA) is 63.6 Å². The highest BCUT2D eigenvalue weighted by molar-refractivity contribution is 7.80.